The number of aromatic hydroxyl groups is 2. The maximum absolute atomic E-state index is 10.4. The monoisotopic (exact) mass is 407 g/mol. The van der Waals surface area contributed by atoms with Gasteiger partial charge in [-0.25, -0.2) is 4.98 Å². The Morgan fingerprint density at radius 3 is 2.47 bits per heavy atom. The van der Waals surface area contributed by atoms with E-state index in [0.717, 1.165) is 50.5 Å². The van der Waals surface area contributed by atoms with Gasteiger partial charge in [0.2, 0.25) is 5.95 Å². The number of nitrogen functional groups attached to an aromatic ring is 1. The highest BCUT2D eigenvalue weighted by Crippen LogP contribution is 2.34. The standard InChI is InChI=1S/C22H25N5O3/c23-22-25-19(14-21(26-22)24-7-8-27-9-11-30-12-10-27)18-13-16(3-6-20(18)29)15-1-4-17(28)5-2-15/h1-6,13-14,28-29H,7-12H2,(H3,23,24,25,26). The quantitative estimate of drug-likeness (QED) is 0.493. The van der Waals surface area contributed by atoms with E-state index in [1.165, 1.54) is 0 Å². The molecule has 0 saturated carbocycles. The molecule has 1 aromatic heterocycles. The fourth-order valence-corrected chi connectivity index (χ4v) is 3.44. The number of rotatable bonds is 6. The van der Waals surface area contributed by atoms with Crippen molar-refractivity contribution in [1.82, 2.24) is 14.9 Å². The van der Waals surface area contributed by atoms with Crippen LogP contribution in [0.25, 0.3) is 22.4 Å². The van der Waals surface area contributed by atoms with Crippen molar-refractivity contribution in [2.24, 2.45) is 0 Å². The largest absolute Gasteiger partial charge is 0.508 e. The summed E-state index contributed by atoms with van der Waals surface area (Å²) in [4.78, 5) is 10.9. The van der Waals surface area contributed by atoms with E-state index in [0.29, 0.717) is 17.1 Å². The van der Waals surface area contributed by atoms with Crippen molar-refractivity contribution >= 4 is 11.8 Å². The molecule has 0 atom stereocenters. The minimum atomic E-state index is 0.106. The fourth-order valence-electron chi connectivity index (χ4n) is 3.44. The number of hydrogen-bond donors (Lipinski definition) is 4. The molecular formula is C22H25N5O3. The summed E-state index contributed by atoms with van der Waals surface area (Å²) in [7, 11) is 0. The third-order valence-electron chi connectivity index (χ3n) is 5.05. The number of morpholine rings is 1. The smallest absolute Gasteiger partial charge is 0.222 e. The fraction of sp³-hybridized carbons (Fsp3) is 0.273. The Bertz CT molecular complexity index is 1000. The summed E-state index contributed by atoms with van der Waals surface area (Å²) in [6.07, 6.45) is 0. The van der Waals surface area contributed by atoms with Crippen LogP contribution in [0.15, 0.2) is 48.5 Å². The van der Waals surface area contributed by atoms with E-state index >= 15 is 0 Å². The number of nitrogens with one attached hydrogen (secondary N) is 1. The lowest BCUT2D eigenvalue weighted by atomic mass is 10.0. The molecule has 0 unspecified atom stereocenters. The molecule has 0 aliphatic carbocycles. The van der Waals surface area contributed by atoms with Gasteiger partial charge < -0.3 is 26.0 Å². The van der Waals surface area contributed by atoms with Crippen LogP contribution < -0.4 is 11.1 Å². The third kappa shape index (κ3) is 4.79. The molecule has 156 valence electrons. The van der Waals surface area contributed by atoms with Crippen molar-refractivity contribution in [3.8, 4) is 33.9 Å². The van der Waals surface area contributed by atoms with E-state index in [4.69, 9.17) is 10.5 Å². The van der Waals surface area contributed by atoms with E-state index in [2.05, 4.69) is 20.2 Å². The van der Waals surface area contributed by atoms with Gasteiger partial charge in [0.25, 0.3) is 0 Å². The van der Waals surface area contributed by atoms with Crippen LogP contribution in [0.3, 0.4) is 0 Å². The number of nitrogens with two attached hydrogens (primary N) is 1. The highest BCUT2D eigenvalue weighted by molar-refractivity contribution is 5.77. The third-order valence-corrected chi connectivity index (χ3v) is 5.05. The predicted molar refractivity (Wildman–Crippen MR) is 116 cm³/mol. The van der Waals surface area contributed by atoms with Gasteiger partial charge in [0.1, 0.15) is 17.3 Å². The summed E-state index contributed by atoms with van der Waals surface area (Å²) in [6.45, 7) is 4.98. The summed E-state index contributed by atoms with van der Waals surface area (Å²) in [5, 5.41) is 23.2. The van der Waals surface area contributed by atoms with Gasteiger partial charge in [-0.05, 0) is 35.4 Å². The number of phenols is 2. The Kier molecular flexibility index (Phi) is 5.97. The van der Waals surface area contributed by atoms with E-state index < -0.39 is 0 Å². The second-order valence-electron chi connectivity index (χ2n) is 7.16. The maximum atomic E-state index is 10.4. The molecule has 1 saturated heterocycles. The van der Waals surface area contributed by atoms with Crippen molar-refractivity contribution in [2.45, 2.75) is 0 Å². The molecule has 1 aliphatic rings. The van der Waals surface area contributed by atoms with Crippen molar-refractivity contribution in [3.05, 3.63) is 48.5 Å². The SMILES string of the molecule is Nc1nc(NCCN2CCOCC2)cc(-c2cc(-c3ccc(O)cc3)ccc2O)n1. The van der Waals surface area contributed by atoms with Gasteiger partial charge in [-0.3, -0.25) is 4.90 Å². The number of ether oxygens (including phenoxy) is 1. The Labute approximate surface area is 175 Å². The molecule has 0 bridgehead atoms. The number of aromatic nitrogens is 2. The van der Waals surface area contributed by atoms with Gasteiger partial charge in [-0.15, -0.1) is 0 Å². The predicted octanol–water partition coefficient (Wildman–Crippen LogP) is 2.55. The van der Waals surface area contributed by atoms with Crippen molar-refractivity contribution < 1.29 is 14.9 Å². The summed E-state index contributed by atoms with van der Waals surface area (Å²) in [6, 6.07) is 14.0. The lowest BCUT2D eigenvalue weighted by molar-refractivity contribution is 0.0398. The summed E-state index contributed by atoms with van der Waals surface area (Å²) < 4.78 is 5.37. The zero-order valence-electron chi connectivity index (χ0n) is 16.6. The average molecular weight is 407 g/mol. The minimum absolute atomic E-state index is 0.106. The Balaban J connectivity index is 1.54. The molecule has 1 aliphatic heterocycles. The molecule has 0 amide bonds. The van der Waals surface area contributed by atoms with Crippen LogP contribution in [0.5, 0.6) is 11.5 Å². The van der Waals surface area contributed by atoms with Crippen LogP contribution in [0, 0.1) is 0 Å². The lowest BCUT2D eigenvalue weighted by Crippen LogP contribution is -2.39. The molecule has 5 N–H and O–H groups in total. The highest BCUT2D eigenvalue weighted by Gasteiger charge is 2.13. The van der Waals surface area contributed by atoms with Crippen molar-refractivity contribution in [3.63, 3.8) is 0 Å². The first-order valence-electron chi connectivity index (χ1n) is 9.90. The maximum Gasteiger partial charge on any atom is 0.222 e. The molecule has 1 fully saturated rings. The van der Waals surface area contributed by atoms with Crippen molar-refractivity contribution in [2.75, 3.05) is 50.4 Å². The molecule has 3 aromatic rings. The Morgan fingerprint density at radius 1 is 0.967 bits per heavy atom. The minimum Gasteiger partial charge on any atom is -0.508 e. The molecule has 2 heterocycles. The number of benzene rings is 2. The van der Waals surface area contributed by atoms with Crippen LogP contribution in [0.2, 0.25) is 0 Å². The number of anilines is 2. The second-order valence-corrected chi connectivity index (χ2v) is 7.16. The van der Waals surface area contributed by atoms with Crippen LogP contribution >= 0.6 is 0 Å². The molecule has 0 spiro atoms. The lowest BCUT2D eigenvalue weighted by Gasteiger charge is -2.26. The zero-order valence-corrected chi connectivity index (χ0v) is 16.6. The van der Waals surface area contributed by atoms with Crippen LogP contribution in [0.1, 0.15) is 0 Å². The van der Waals surface area contributed by atoms with Crippen LogP contribution in [-0.2, 0) is 4.74 Å². The molecular weight excluding hydrogens is 382 g/mol. The van der Waals surface area contributed by atoms with Crippen molar-refractivity contribution in [1.29, 1.82) is 0 Å². The zero-order chi connectivity index (χ0) is 20.9. The molecule has 30 heavy (non-hydrogen) atoms. The number of nitrogens with zero attached hydrogens (tertiary/aromatic N) is 3. The first kappa shape index (κ1) is 19.9. The Hall–Kier alpha value is -3.36. The molecule has 8 nitrogen and oxygen atoms in total. The normalized spacial score (nSPS) is 14.5. The Morgan fingerprint density at radius 2 is 1.70 bits per heavy atom. The van der Waals surface area contributed by atoms with Gasteiger partial charge >= 0.3 is 0 Å². The van der Waals surface area contributed by atoms with Gasteiger partial charge in [0.05, 0.1) is 18.9 Å². The van der Waals surface area contributed by atoms with E-state index in [1.54, 1.807) is 24.3 Å². The topological polar surface area (TPSA) is 117 Å². The van der Waals surface area contributed by atoms with Gasteiger partial charge in [-0.1, -0.05) is 18.2 Å². The van der Waals surface area contributed by atoms with Crippen LogP contribution in [-0.4, -0.2) is 64.5 Å². The van der Waals surface area contributed by atoms with Gasteiger partial charge in [0.15, 0.2) is 0 Å². The average Bonchev–Trinajstić information content (AvgIpc) is 2.75. The van der Waals surface area contributed by atoms with Crippen LogP contribution in [0.4, 0.5) is 11.8 Å². The van der Waals surface area contributed by atoms with Gasteiger partial charge in [-0.2, -0.15) is 4.98 Å². The molecule has 2 aromatic carbocycles. The first-order valence-corrected chi connectivity index (χ1v) is 9.90. The first-order chi connectivity index (χ1) is 14.6. The van der Waals surface area contributed by atoms with E-state index in [1.807, 2.05) is 24.3 Å². The highest BCUT2D eigenvalue weighted by atomic mass is 16.5. The number of phenolic OH excluding ortho intramolecular Hbond substituents is 2. The van der Waals surface area contributed by atoms with E-state index in [9.17, 15) is 10.2 Å². The molecule has 0 radical (unpaired) electrons. The van der Waals surface area contributed by atoms with Gasteiger partial charge in [0, 0.05) is 37.8 Å². The second kappa shape index (κ2) is 8.98. The summed E-state index contributed by atoms with van der Waals surface area (Å²) in [5.74, 6) is 1.06. The number of hydrogen-bond acceptors (Lipinski definition) is 8. The molecule has 8 heteroatoms. The molecule has 4 rings (SSSR count). The van der Waals surface area contributed by atoms with E-state index in [-0.39, 0.29) is 17.4 Å². The summed E-state index contributed by atoms with van der Waals surface area (Å²) in [5.41, 5.74) is 8.83. The summed E-state index contributed by atoms with van der Waals surface area (Å²) >= 11 is 0.